The first kappa shape index (κ1) is 11.0. The summed E-state index contributed by atoms with van der Waals surface area (Å²) in [5.74, 6) is 1.19. The monoisotopic (exact) mass is 236 g/mol. The van der Waals surface area contributed by atoms with Crippen LogP contribution in [0.3, 0.4) is 0 Å². The van der Waals surface area contributed by atoms with Crippen LogP contribution >= 0.6 is 0 Å². The average Bonchev–Trinajstić information content (AvgIpc) is 2.73. The van der Waals surface area contributed by atoms with Crippen LogP contribution in [-0.4, -0.2) is 36.4 Å². The van der Waals surface area contributed by atoms with E-state index >= 15 is 0 Å². The lowest BCUT2D eigenvalue weighted by Gasteiger charge is -2.28. The van der Waals surface area contributed by atoms with Gasteiger partial charge in [-0.05, 0) is 39.1 Å². The lowest BCUT2D eigenvalue weighted by molar-refractivity contribution is 0.248. The SMILES string of the molecule is CN1CCC(c2noc3c2C=CC(F)C3)CC1. The second-order valence-electron chi connectivity index (χ2n) is 5.06. The zero-order valence-electron chi connectivity index (χ0n) is 10.0. The molecule has 2 aliphatic rings. The van der Waals surface area contributed by atoms with Gasteiger partial charge in [-0.15, -0.1) is 0 Å². The van der Waals surface area contributed by atoms with Crippen molar-refractivity contribution in [2.24, 2.45) is 0 Å². The molecule has 3 nitrogen and oxygen atoms in total. The molecule has 1 unspecified atom stereocenters. The molecule has 92 valence electrons. The Morgan fingerprint density at radius 3 is 2.94 bits per heavy atom. The zero-order valence-corrected chi connectivity index (χ0v) is 10.0. The Bertz CT molecular complexity index is 433. The first-order valence-electron chi connectivity index (χ1n) is 6.23. The zero-order chi connectivity index (χ0) is 11.8. The number of aromatic nitrogens is 1. The van der Waals surface area contributed by atoms with Gasteiger partial charge < -0.3 is 9.42 Å². The summed E-state index contributed by atoms with van der Waals surface area (Å²) >= 11 is 0. The Kier molecular flexibility index (Phi) is 2.74. The van der Waals surface area contributed by atoms with E-state index in [1.54, 1.807) is 6.08 Å². The first-order chi connectivity index (χ1) is 8.24. The van der Waals surface area contributed by atoms with E-state index in [0.29, 0.717) is 18.1 Å². The Balaban J connectivity index is 1.84. The summed E-state index contributed by atoms with van der Waals surface area (Å²) in [4.78, 5) is 2.33. The lowest BCUT2D eigenvalue weighted by atomic mass is 9.89. The molecule has 1 aromatic heterocycles. The minimum Gasteiger partial charge on any atom is -0.360 e. The Hall–Kier alpha value is -1.16. The van der Waals surface area contributed by atoms with Crippen LogP contribution in [0.4, 0.5) is 4.39 Å². The average molecular weight is 236 g/mol. The highest BCUT2D eigenvalue weighted by Crippen LogP contribution is 2.33. The molecular formula is C13H17FN2O. The molecule has 1 aliphatic heterocycles. The van der Waals surface area contributed by atoms with Gasteiger partial charge >= 0.3 is 0 Å². The largest absolute Gasteiger partial charge is 0.360 e. The van der Waals surface area contributed by atoms with E-state index in [2.05, 4.69) is 17.1 Å². The third-order valence-corrected chi connectivity index (χ3v) is 3.79. The first-order valence-corrected chi connectivity index (χ1v) is 6.23. The summed E-state index contributed by atoms with van der Waals surface area (Å²) in [5.41, 5.74) is 2.07. The number of rotatable bonds is 1. The summed E-state index contributed by atoms with van der Waals surface area (Å²) in [7, 11) is 2.14. The maximum Gasteiger partial charge on any atom is 0.147 e. The quantitative estimate of drug-likeness (QED) is 0.749. The molecule has 1 aliphatic carbocycles. The van der Waals surface area contributed by atoms with Crippen LogP contribution in [0.2, 0.25) is 0 Å². The van der Waals surface area contributed by atoms with Gasteiger partial charge in [0.1, 0.15) is 11.9 Å². The molecule has 0 N–H and O–H groups in total. The van der Waals surface area contributed by atoms with Crippen molar-refractivity contribution in [1.29, 1.82) is 0 Å². The minimum absolute atomic E-state index is 0.339. The van der Waals surface area contributed by atoms with Gasteiger partial charge in [0.25, 0.3) is 0 Å². The Labute approximate surface area is 100 Å². The molecule has 0 amide bonds. The highest BCUT2D eigenvalue weighted by molar-refractivity contribution is 5.57. The number of likely N-dealkylation sites (tertiary alicyclic amines) is 1. The van der Waals surface area contributed by atoms with Crippen LogP contribution in [-0.2, 0) is 6.42 Å². The fourth-order valence-electron chi connectivity index (χ4n) is 2.69. The van der Waals surface area contributed by atoms with Gasteiger partial charge in [0.05, 0.1) is 5.69 Å². The number of fused-ring (bicyclic) bond motifs is 1. The molecule has 1 aromatic rings. The summed E-state index contributed by atoms with van der Waals surface area (Å²) in [5, 5.41) is 4.17. The van der Waals surface area contributed by atoms with Crippen LogP contribution in [0.25, 0.3) is 6.08 Å². The molecule has 3 rings (SSSR count). The van der Waals surface area contributed by atoms with Crippen molar-refractivity contribution in [3.05, 3.63) is 23.1 Å². The fraction of sp³-hybridized carbons (Fsp3) is 0.615. The molecule has 0 saturated carbocycles. The predicted octanol–water partition coefficient (Wildman–Crippen LogP) is 2.39. The molecule has 2 heterocycles. The van der Waals surface area contributed by atoms with Gasteiger partial charge in [-0.2, -0.15) is 0 Å². The topological polar surface area (TPSA) is 29.3 Å². The molecule has 1 saturated heterocycles. The third-order valence-electron chi connectivity index (χ3n) is 3.79. The molecule has 0 radical (unpaired) electrons. The molecule has 1 atom stereocenters. The smallest absolute Gasteiger partial charge is 0.147 e. The van der Waals surface area contributed by atoms with Crippen molar-refractivity contribution >= 4 is 6.08 Å². The lowest BCUT2D eigenvalue weighted by Crippen LogP contribution is -2.29. The Morgan fingerprint density at radius 2 is 2.18 bits per heavy atom. The number of hydrogen-bond acceptors (Lipinski definition) is 3. The Morgan fingerprint density at radius 1 is 1.41 bits per heavy atom. The van der Waals surface area contributed by atoms with E-state index in [9.17, 15) is 4.39 Å². The maximum atomic E-state index is 13.2. The van der Waals surface area contributed by atoms with Crippen molar-refractivity contribution < 1.29 is 8.91 Å². The van der Waals surface area contributed by atoms with E-state index in [0.717, 1.165) is 37.2 Å². The third kappa shape index (κ3) is 2.02. The molecule has 1 fully saturated rings. The van der Waals surface area contributed by atoms with E-state index in [4.69, 9.17) is 4.52 Å². The highest BCUT2D eigenvalue weighted by atomic mass is 19.1. The summed E-state index contributed by atoms with van der Waals surface area (Å²) < 4.78 is 18.5. The molecule has 0 spiro atoms. The van der Waals surface area contributed by atoms with Crippen LogP contribution < -0.4 is 0 Å². The van der Waals surface area contributed by atoms with Gasteiger partial charge in [-0.1, -0.05) is 11.2 Å². The maximum absolute atomic E-state index is 13.2. The van der Waals surface area contributed by atoms with Gasteiger partial charge in [-0.25, -0.2) is 4.39 Å². The van der Waals surface area contributed by atoms with Crippen molar-refractivity contribution in [2.45, 2.75) is 31.4 Å². The number of piperidine rings is 1. The van der Waals surface area contributed by atoms with Gasteiger partial charge in [0.2, 0.25) is 0 Å². The highest BCUT2D eigenvalue weighted by Gasteiger charge is 2.27. The normalized spacial score (nSPS) is 26.1. The van der Waals surface area contributed by atoms with E-state index in [1.165, 1.54) is 0 Å². The van der Waals surface area contributed by atoms with Gasteiger partial charge in [-0.3, -0.25) is 0 Å². The van der Waals surface area contributed by atoms with Crippen molar-refractivity contribution in [3.63, 3.8) is 0 Å². The molecule has 4 heteroatoms. The van der Waals surface area contributed by atoms with Crippen molar-refractivity contribution in [2.75, 3.05) is 20.1 Å². The minimum atomic E-state index is -0.916. The van der Waals surface area contributed by atoms with Crippen LogP contribution in [0.15, 0.2) is 10.6 Å². The second kappa shape index (κ2) is 4.26. The van der Waals surface area contributed by atoms with Gasteiger partial charge in [0.15, 0.2) is 0 Å². The van der Waals surface area contributed by atoms with Crippen molar-refractivity contribution in [1.82, 2.24) is 10.1 Å². The summed E-state index contributed by atoms with van der Waals surface area (Å²) in [6.45, 7) is 2.20. The number of nitrogens with zero attached hydrogens (tertiary/aromatic N) is 2. The van der Waals surface area contributed by atoms with E-state index in [1.807, 2.05) is 6.08 Å². The number of halogens is 1. The molecule has 17 heavy (non-hydrogen) atoms. The molecule has 0 bridgehead atoms. The second-order valence-corrected chi connectivity index (χ2v) is 5.06. The number of alkyl halides is 1. The van der Waals surface area contributed by atoms with Crippen molar-refractivity contribution in [3.8, 4) is 0 Å². The molecular weight excluding hydrogens is 219 g/mol. The number of allylic oxidation sites excluding steroid dienone is 1. The number of hydrogen-bond donors (Lipinski definition) is 0. The fourth-order valence-corrected chi connectivity index (χ4v) is 2.69. The summed E-state index contributed by atoms with van der Waals surface area (Å²) in [6, 6.07) is 0. The standard InChI is InChI=1S/C13H17FN2O/c1-16-6-4-9(5-7-16)13-11-3-2-10(14)8-12(11)17-15-13/h2-3,9-10H,4-8H2,1H3. The van der Waals surface area contributed by atoms with Crippen LogP contribution in [0, 0.1) is 0 Å². The van der Waals surface area contributed by atoms with Crippen LogP contribution in [0.5, 0.6) is 0 Å². The van der Waals surface area contributed by atoms with E-state index in [-0.39, 0.29) is 0 Å². The van der Waals surface area contributed by atoms with Crippen LogP contribution in [0.1, 0.15) is 35.8 Å². The predicted molar refractivity (Wildman–Crippen MR) is 63.6 cm³/mol. The molecule has 0 aromatic carbocycles. The summed E-state index contributed by atoms with van der Waals surface area (Å²) in [6.07, 6.45) is 5.10. The van der Waals surface area contributed by atoms with E-state index < -0.39 is 6.17 Å². The van der Waals surface area contributed by atoms with Gasteiger partial charge in [0, 0.05) is 17.9 Å².